The Balaban J connectivity index is 2.03. The van der Waals surface area contributed by atoms with E-state index in [9.17, 15) is 14.7 Å². The van der Waals surface area contributed by atoms with E-state index in [4.69, 9.17) is 11.0 Å². The van der Waals surface area contributed by atoms with Gasteiger partial charge in [0.05, 0.1) is 34.1 Å². The van der Waals surface area contributed by atoms with Crippen molar-refractivity contribution in [1.29, 1.82) is 5.26 Å². The molecule has 8 heteroatoms. The van der Waals surface area contributed by atoms with Gasteiger partial charge >= 0.3 is 5.97 Å². The number of carboxylic acid groups (broad SMARTS) is 1. The molecule has 0 atom stereocenters. The second kappa shape index (κ2) is 6.54. The number of hydrogen-bond acceptors (Lipinski definition) is 4. The highest BCUT2D eigenvalue weighted by Crippen LogP contribution is 2.31. The lowest BCUT2D eigenvalue weighted by Gasteiger charge is -2.10. The zero-order valence-electron chi connectivity index (χ0n) is 13.6. The smallest absolute Gasteiger partial charge is 0.337 e. The van der Waals surface area contributed by atoms with Gasteiger partial charge in [-0.1, -0.05) is 6.07 Å². The van der Waals surface area contributed by atoms with Crippen molar-refractivity contribution in [1.82, 2.24) is 4.57 Å². The molecule has 7 nitrogen and oxygen atoms in total. The van der Waals surface area contributed by atoms with Crippen molar-refractivity contribution in [2.45, 2.75) is 0 Å². The molecule has 130 valence electrons. The second-order valence-electron chi connectivity index (χ2n) is 5.62. The molecule has 4 N–H and O–H groups in total. The summed E-state index contributed by atoms with van der Waals surface area (Å²) < 4.78 is 2.37. The Morgan fingerprint density at radius 2 is 2.00 bits per heavy atom. The van der Waals surface area contributed by atoms with Crippen LogP contribution in [0.15, 0.2) is 40.9 Å². The van der Waals surface area contributed by atoms with Crippen LogP contribution in [-0.2, 0) is 7.05 Å². The van der Waals surface area contributed by atoms with E-state index in [0.29, 0.717) is 16.9 Å². The monoisotopic (exact) mass is 412 g/mol. The van der Waals surface area contributed by atoms with Crippen LogP contribution >= 0.6 is 15.9 Å². The zero-order chi connectivity index (χ0) is 19.0. The van der Waals surface area contributed by atoms with Crippen LogP contribution in [0.2, 0.25) is 0 Å². The average molecular weight is 413 g/mol. The van der Waals surface area contributed by atoms with E-state index in [1.165, 1.54) is 18.2 Å². The molecule has 2 aromatic carbocycles. The van der Waals surface area contributed by atoms with Gasteiger partial charge in [-0.25, -0.2) is 4.79 Å². The van der Waals surface area contributed by atoms with Gasteiger partial charge in [-0.2, -0.15) is 5.26 Å². The molecule has 1 heterocycles. The molecule has 0 saturated carbocycles. The molecular weight excluding hydrogens is 400 g/mol. The average Bonchev–Trinajstić information content (AvgIpc) is 2.95. The van der Waals surface area contributed by atoms with E-state index in [-0.39, 0.29) is 16.8 Å². The number of nitrogens with zero attached hydrogens (tertiary/aromatic N) is 2. The fourth-order valence-electron chi connectivity index (χ4n) is 2.76. The van der Waals surface area contributed by atoms with Crippen molar-refractivity contribution < 1.29 is 14.7 Å². The maximum Gasteiger partial charge on any atom is 0.337 e. The summed E-state index contributed by atoms with van der Waals surface area (Å²) in [6, 6.07) is 11.2. The van der Waals surface area contributed by atoms with E-state index in [0.717, 1.165) is 9.86 Å². The number of amides is 1. The molecule has 0 aliphatic heterocycles. The first-order valence-corrected chi connectivity index (χ1v) is 8.25. The molecule has 0 spiro atoms. The van der Waals surface area contributed by atoms with E-state index in [1.807, 2.05) is 12.1 Å². The number of nitrogen functional groups attached to an aromatic ring is 1. The van der Waals surface area contributed by atoms with Crippen LogP contribution in [0, 0.1) is 11.3 Å². The zero-order valence-corrected chi connectivity index (χ0v) is 15.2. The maximum atomic E-state index is 12.7. The Morgan fingerprint density at radius 3 is 2.65 bits per heavy atom. The lowest BCUT2D eigenvalue weighted by Crippen LogP contribution is -2.17. The molecule has 0 radical (unpaired) electrons. The van der Waals surface area contributed by atoms with Gasteiger partial charge in [0, 0.05) is 16.9 Å². The van der Waals surface area contributed by atoms with Gasteiger partial charge in [0.25, 0.3) is 5.91 Å². The molecule has 26 heavy (non-hydrogen) atoms. The first kappa shape index (κ1) is 17.5. The molecule has 1 aromatic heterocycles. The highest BCUT2D eigenvalue weighted by Gasteiger charge is 2.19. The quantitative estimate of drug-likeness (QED) is 0.569. The number of rotatable bonds is 3. The number of fused-ring (bicyclic) bond motifs is 1. The fraction of sp³-hybridized carbons (Fsp3) is 0.0556. The predicted molar refractivity (Wildman–Crippen MR) is 101 cm³/mol. The Bertz CT molecular complexity index is 1110. The molecule has 0 unspecified atom stereocenters. The van der Waals surface area contributed by atoms with Crippen LogP contribution in [0.4, 0.5) is 11.4 Å². The van der Waals surface area contributed by atoms with Crippen molar-refractivity contribution in [3.8, 4) is 6.07 Å². The maximum absolute atomic E-state index is 12.7. The van der Waals surface area contributed by atoms with Gasteiger partial charge < -0.3 is 20.7 Å². The van der Waals surface area contributed by atoms with Crippen LogP contribution in [-0.4, -0.2) is 21.6 Å². The van der Waals surface area contributed by atoms with Crippen molar-refractivity contribution in [2.24, 2.45) is 7.05 Å². The topological polar surface area (TPSA) is 121 Å². The summed E-state index contributed by atoms with van der Waals surface area (Å²) in [7, 11) is 1.71. The van der Waals surface area contributed by atoms with Gasteiger partial charge in [0.2, 0.25) is 0 Å². The number of aromatic nitrogens is 1. The third kappa shape index (κ3) is 2.89. The largest absolute Gasteiger partial charge is 0.478 e. The number of anilines is 2. The molecule has 0 saturated heterocycles. The van der Waals surface area contributed by atoms with E-state index >= 15 is 0 Å². The number of benzene rings is 2. The lowest BCUT2D eigenvalue weighted by atomic mass is 10.1. The van der Waals surface area contributed by atoms with Crippen LogP contribution in [0.25, 0.3) is 10.9 Å². The highest BCUT2D eigenvalue weighted by molar-refractivity contribution is 9.10. The van der Waals surface area contributed by atoms with Crippen LogP contribution in [0.5, 0.6) is 0 Å². The number of nitriles is 1. The Labute approximate surface area is 156 Å². The molecule has 3 aromatic rings. The number of aryl methyl sites for hydroxylation is 1. The third-order valence-corrected chi connectivity index (χ3v) is 4.74. The van der Waals surface area contributed by atoms with Gasteiger partial charge in [-0.05, 0) is 46.3 Å². The summed E-state index contributed by atoms with van der Waals surface area (Å²) in [5.74, 6) is -1.71. The summed E-state index contributed by atoms with van der Waals surface area (Å²) in [6.45, 7) is 0. The fourth-order valence-corrected chi connectivity index (χ4v) is 3.08. The second-order valence-corrected chi connectivity index (χ2v) is 6.47. The minimum absolute atomic E-state index is 0.112. The predicted octanol–water partition coefficient (Wildman–Crippen LogP) is 3.35. The number of carboxylic acids is 1. The first-order valence-electron chi connectivity index (χ1n) is 7.45. The number of halogens is 1. The number of nitrogens with one attached hydrogen (secondary N) is 1. The molecule has 0 fully saturated rings. The SMILES string of the molecule is Cn1c(C(=O)Nc2ccc(C#N)cc2C(=O)O)cc2ccc(Br)c(N)c21. The van der Waals surface area contributed by atoms with Gasteiger partial charge in [-0.3, -0.25) is 4.79 Å². The molecule has 0 aliphatic carbocycles. The summed E-state index contributed by atoms with van der Waals surface area (Å²) >= 11 is 3.36. The number of nitrogens with two attached hydrogens (primary N) is 1. The standard InChI is InChI=1S/C18H13BrN4O3/c1-23-14(7-10-3-4-12(19)15(21)16(10)23)17(24)22-13-5-2-9(8-20)6-11(13)18(25)26/h2-7H,21H2,1H3,(H,22,24)(H,25,26). The van der Waals surface area contributed by atoms with E-state index < -0.39 is 11.9 Å². The number of carbonyl (C=O) groups excluding carboxylic acids is 1. The number of hydrogen-bond donors (Lipinski definition) is 3. The minimum atomic E-state index is -1.23. The summed E-state index contributed by atoms with van der Waals surface area (Å²) in [4.78, 5) is 24.1. The van der Waals surface area contributed by atoms with E-state index in [2.05, 4.69) is 21.2 Å². The van der Waals surface area contributed by atoms with Crippen molar-refractivity contribution in [2.75, 3.05) is 11.1 Å². The summed E-state index contributed by atoms with van der Waals surface area (Å²) in [5.41, 5.74) is 7.76. The van der Waals surface area contributed by atoms with Crippen LogP contribution < -0.4 is 11.1 Å². The Kier molecular flexibility index (Phi) is 4.40. The summed E-state index contributed by atoms with van der Waals surface area (Å²) in [6.07, 6.45) is 0. The summed E-state index contributed by atoms with van der Waals surface area (Å²) in [5, 5.41) is 21.6. The number of carbonyl (C=O) groups is 2. The van der Waals surface area contributed by atoms with Crippen molar-refractivity contribution in [3.63, 3.8) is 0 Å². The Hall–Kier alpha value is -3.31. The first-order chi connectivity index (χ1) is 12.3. The van der Waals surface area contributed by atoms with Gasteiger partial charge in [-0.15, -0.1) is 0 Å². The van der Waals surface area contributed by atoms with Crippen molar-refractivity contribution in [3.05, 3.63) is 57.7 Å². The van der Waals surface area contributed by atoms with E-state index in [1.54, 1.807) is 23.7 Å². The minimum Gasteiger partial charge on any atom is -0.478 e. The van der Waals surface area contributed by atoms with Crippen LogP contribution in [0.3, 0.4) is 0 Å². The van der Waals surface area contributed by atoms with Crippen LogP contribution in [0.1, 0.15) is 26.4 Å². The van der Waals surface area contributed by atoms with Gasteiger partial charge in [0.1, 0.15) is 5.69 Å². The molecule has 1 amide bonds. The third-order valence-electron chi connectivity index (χ3n) is 4.04. The van der Waals surface area contributed by atoms with Gasteiger partial charge in [0.15, 0.2) is 0 Å². The molecule has 0 aliphatic rings. The molecule has 0 bridgehead atoms. The normalized spacial score (nSPS) is 10.5. The molecular formula is C18H13BrN4O3. The Morgan fingerprint density at radius 1 is 1.27 bits per heavy atom. The lowest BCUT2D eigenvalue weighted by molar-refractivity contribution is 0.0698. The molecule has 3 rings (SSSR count). The highest BCUT2D eigenvalue weighted by atomic mass is 79.9. The van der Waals surface area contributed by atoms with Crippen molar-refractivity contribution >= 4 is 50.1 Å². The number of aromatic carboxylic acids is 1.